The molecule has 1 fully saturated rings. The normalized spacial score (nSPS) is 18.4. The Hall–Kier alpha value is -0.940. The van der Waals surface area contributed by atoms with Crippen molar-refractivity contribution in [1.29, 1.82) is 0 Å². The van der Waals surface area contributed by atoms with Gasteiger partial charge >= 0.3 is 0 Å². The Bertz CT molecular complexity index is 577. The van der Waals surface area contributed by atoms with E-state index in [0.29, 0.717) is 12.6 Å². The largest absolute Gasteiger partial charge is 0.381 e. The van der Waals surface area contributed by atoms with Crippen LogP contribution in [0.4, 0.5) is 0 Å². The van der Waals surface area contributed by atoms with Crippen molar-refractivity contribution in [3.05, 3.63) is 35.2 Å². The van der Waals surface area contributed by atoms with Crippen molar-refractivity contribution in [2.75, 3.05) is 33.4 Å². The summed E-state index contributed by atoms with van der Waals surface area (Å²) in [5, 5.41) is 3.64. The maximum atomic E-state index is 6.10. The fourth-order valence-electron chi connectivity index (χ4n) is 3.26. The predicted octanol–water partition coefficient (Wildman–Crippen LogP) is 3.26. The quantitative estimate of drug-likeness (QED) is 0.921. The zero-order chi connectivity index (χ0) is 14.7. The van der Waals surface area contributed by atoms with E-state index < -0.39 is 0 Å². The molecule has 1 aliphatic heterocycles. The van der Waals surface area contributed by atoms with Crippen molar-refractivity contribution in [1.82, 2.24) is 4.90 Å². The van der Waals surface area contributed by atoms with Gasteiger partial charge in [-0.2, -0.15) is 0 Å². The van der Waals surface area contributed by atoms with Crippen LogP contribution in [-0.4, -0.2) is 38.3 Å². The van der Waals surface area contributed by atoms with E-state index in [9.17, 15) is 0 Å². The van der Waals surface area contributed by atoms with E-state index in [0.717, 1.165) is 25.7 Å². The molecule has 1 aliphatic rings. The molecule has 3 rings (SSSR count). The van der Waals surface area contributed by atoms with Crippen LogP contribution in [0.1, 0.15) is 24.4 Å². The Kier molecular flexibility index (Phi) is 4.91. The first-order valence-electron chi connectivity index (χ1n) is 7.73. The zero-order valence-electron chi connectivity index (χ0n) is 12.6. The van der Waals surface area contributed by atoms with E-state index in [4.69, 9.17) is 10.5 Å². The second-order valence-corrected chi connectivity index (χ2v) is 6.85. The molecule has 4 heteroatoms. The van der Waals surface area contributed by atoms with Gasteiger partial charge in [0.25, 0.3) is 0 Å². The molecule has 3 nitrogen and oxygen atoms in total. The highest BCUT2D eigenvalue weighted by atomic mass is 32.1. The lowest BCUT2D eigenvalue weighted by Crippen LogP contribution is -2.35. The van der Waals surface area contributed by atoms with Gasteiger partial charge in [-0.1, -0.05) is 18.2 Å². The van der Waals surface area contributed by atoms with E-state index in [-0.39, 0.29) is 0 Å². The molecule has 0 spiro atoms. The maximum absolute atomic E-state index is 6.10. The SMILES string of the molecule is CN(CC1CCOCC1)C(CN)c1csc2ccccc12. The van der Waals surface area contributed by atoms with Crippen molar-refractivity contribution in [3.63, 3.8) is 0 Å². The van der Waals surface area contributed by atoms with Crippen LogP contribution in [0, 0.1) is 5.92 Å². The molecule has 114 valence electrons. The number of nitrogens with two attached hydrogens (primary N) is 1. The van der Waals surface area contributed by atoms with Crippen molar-refractivity contribution in [3.8, 4) is 0 Å². The number of thiophene rings is 1. The monoisotopic (exact) mass is 304 g/mol. The van der Waals surface area contributed by atoms with Crippen molar-refractivity contribution >= 4 is 21.4 Å². The average molecular weight is 304 g/mol. The number of benzene rings is 1. The number of hydrogen-bond donors (Lipinski definition) is 1. The maximum Gasteiger partial charge on any atom is 0.0481 e. The van der Waals surface area contributed by atoms with Gasteiger partial charge in [-0.3, -0.25) is 4.90 Å². The van der Waals surface area contributed by atoms with Crippen LogP contribution in [-0.2, 0) is 4.74 Å². The van der Waals surface area contributed by atoms with Crippen LogP contribution in [0.25, 0.3) is 10.1 Å². The van der Waals surface area contributed by atoms with E-state index >= 15 is 0 Å². The molecule has 1 unspecified atom stereocenters. The molecular formula is C17H24N2OS. The second kappa shape index (κ2) is 6.88. The highest BCUT2D eigenvalue weighted by Gasteiger charge is 2.23. The van der Waals surface area contributed by atoms with Gasteiger partial charge < -0.3 is 10.5 Å². The van der Waals surface area contributed by atoms with Gasteiger partial charge in [-0.25, -0.2) is 0 Å². The molecule has 1 aromatic carbocycles. The van der Waals surface area contributed by atoms with Crippen molar-refractivity contribution in [2.24, 2.45) is 11.7 Å². The van der Waals surface area contributed by atoms with Crippen LogP contribution < -0.4 is 5.73 Å². The topological polar surface area (TPSA) is 38.5 Å². The minimum Gasteiger partial charge on any atom is -0.381 e. The van der Waals surface area contributed by atoms with E-state index in [1.54, 1.807) is 0 Å². The highest BCUT2D eigenvalue weighted by Crippen LogP contribution is 2.33. The third kappa shape index (κ3) is 3.29. The smallest absolute Gasteiger partial charge is 0.0481 e. The number of hydrogen-bond acceptors (Lipinski definition) is 4. The molecule has 0 saturated carbocycles. The standard InChI is InChI=1S/C17H24N2OS/c1-19(11-13-6-8-20-9-7-13)16(10-18)15-12-21-17-5-3-2-4-14(15)17/h2-5,12-13,16H,6-11,18H2,1H3. The van der Waals surface area contributed by atoms with Crippen LogP contribution in [0.3, 0.4) is 0 Å². The zero-order valence-corrected chi connectivity index (χ0v) is 13.4. The summed E-state index contributed by atoms with van der Waals surface area (Å²) >= 11 is 1.82. The Morgan fingerprint density at radius 3 is 2.86 bits per heavy atom. The van der Waals surface area contributed by atoms with Gasteiger partial charge in [-0.15, -0.1) is 11.3 Å². The highest BCUT2D eigenvalue weighted by molar-refractivity contribution is 7.17. The molecule has 0 aliphatic carbocycles. The first kappa shape index (κ1) is 15.0. The van der Waals surface area contributed by atoms with Crippen LogP contribution >= 0.6 is 11.3 Å². The molecule has 2 N–H and O–H groups in total. The molecule has 21 heavy (non-hydrogen) atoms. The van der Waals surface area contributed by atoms with Crippen molar-refractivity contribution in [2.45, 2.75) is 18.9 Å². The first-order chi connectivity index (χ1) is 10.3. The molecule has 0 radical (unpaired) electrons. The molecular weight excluding hydrogens is 280 g/mol. The predicted molar refractivity (Wildman–Crippen MR) is 89.8 cm³/mol. The number of ether oxygens (including phenoxy) is 1. The van der Waals surface area contributed by atoms with Crippen molar-refractivity contribution < 1.29 is 4.74 Å². The van der Waals surface area contributed by atoms with Gasteiger partial charge in [0.05, 0.1) is 0 Å². The number of likely N-dealkylation sites (N-methyl/N-ethyl adjacent to an activating group) is 1. The third-order valence-electron chi connectivity index (χ3n) is 4.51. The molecule has 2 heterocycles. The minimum absolute atomic E-state index is 0.309. The molecule has 1 saturated heterocycles. The van der Waals surface area contributed by atoms with Gasteiger partial charge in [0, 0.05) is 37.0 Å². The Morgan fingerprint density at radius 1 is 1.33 bits per heavy atom. The van der Waals surface area contributed by atoms with Crippen LogP contribution in [0.5, 0.6) is 0 Å². The molecule has 2 aromatic rings. The number of nitrogens with zero attached hydrogens (tertiary/aromatic N) is 1. The fraction of sp³-hybridized carbons (Fsp3) is 0.529. The lowest BCUT2D eigenvalue weighted by Gasteiger charge is -2.32. The molecule has 1 atom stereocenters. The second-order valence-electron chi connectivity index (χ2n) is 5.93. The number of fused-ring (bicyclic) bond motifs is 1. The molecule has 0 amide bonds. The molecule has 0 bridgehead atoms. The minimum atomic E-state index is 0.309. The lowest BCUT2D eigenvalue weighted by molar-refractivity contribution is 0.0508. The van der Waals surface area contributed by atoms with E-state index in [2.05, 4.69) is 41.6 Å². The summed E-state index contributed by atoms with van der Waals surface area (Å²) in [5.41, 5.74) is 7.48. The summed E-state index contributed by atoms with van der Waals surface area (Å²) in [4.78, 5) is 2.44. The van der Waals surface area contributed by atoms with E-state index in [1.165, 1.54) is 28.5 Å². The van der Waals surface area contributed by atoms with E-state index in [1.807, 2.05) is 11.3 Å². The fourth-order valence-corrected chi connectivity index (χ4v) is 4.27. The van der Waals surface area contributed by atoms with Gasteiger partial charge in [-0.05, 0) is 48.2 Å². The van der Waals surface area contributed by atoms with Gasteiger partial charge in [0.15, 0.2) is 0 Å². The summed E-state index contributed by atoms with van der Waals surface area (Å²) in [6, 6.07) is 8.93. The molecule has 1 aromatic heterocycles. The summed E-state index contributed by atoms with van der Waals surface area (Å²) in [7, 11) is 2.21. The van der Waals surface area contributed by atoms with Crippen LogP contribution in [0.2, 0.25) is 0 Å². The Labute approximate surface area is 130 Å². The summed E-state index contributed by atoms with van der Waals surface area (Å²) in [6.07, 6.45) is 2.35. The van der Waals surface area contributed by atoms with Gasteiger partial charge in [0.2, 0.25) is 0 Å². The number of rotatable bonds is 5. The Balaban J connectivity index is 1.77. The average Bonchev–Trinajstić information content (AvgIpc) is 2.93. The first-order valence-corrected chi connectivity index (χ1v) is 8.61. The van der Waals surface area contributed by atoms with Gasteiger partial charge in [0.1, 0.15) is 0 Å². The lowest BCUT2D eigenvalue weighted by atomic mass is 9.97. The summed E-state index contributed by atoms with van der Waals surface area (Å²) in [5.74, 6) is 0.739. The third-order valence-corrected chi connectivity index (χ3v) is 5.49. The van der Waals surface area contributed by atoms with Crippen LogP contribution in [0.15, 0.2) is 29.6 Å². The summed E-state index contributed by atoms with van der Waals surface area (Å²) < 4.78 is 6.81. The summed E-state index contributed by atoms with van der Waals surface area (Å²) in [6.45, 7) is 3.59. The Morgan fingerprint density at radius 2 is 2.10 bits per heavy atom.